The van der Waals surface area contributed by atoms with Gasteiger partial charge in [-0.2, -0.15) is 0 Å². The maximum atomic E-state index is 10.9. The summed E-state index contributed by atoms with van der Waals surface area (Å²) in [5, 5.41) is 15.3. The summed E-state index contributed by atoms with van der Waals surface area (Å²) in [6, 6.07) is 8.12. The minimum Gasteiger partial charge on any atom is -0.385 e. The average molecular weight is 348 g/mol. The topological polar surface area (TPSA) is 50.1 Å². The van der Waals surface area contributed by atoms with Crippen LogP contribution >= 0.6 is 11.6 Å². The molecule has 1 fully saturated rings. The maximum absolute atomic E-state index is 10.9. The van der Waals surface area contributed by atoms with Crippen LogP contribution in [0, 0.1) is 5.92 Å². The molecular weight excluding hydrogens is 322 g/mol. The third kappa shape index (κ3) is 4.38. The van der Waals surface area contributed by atoms with E-state index in [1.807, 2.05) is 43.0 Å². The Morgan fingerprint density at radius 3 is 2.88 bits per heavy atom. The fourth-order valence-electron chi connectivity index (χ4n) is 3.55. The van der Waals surface area contributed by atoms with Crippen molar-refractivity contribution in [3.63, 3.8) is 0 Å². The Balaban J connectivity index is 1.46. The SMILES string of the molecule is C[C@@H](CNC1CCC(O)(c2cccc(Cl)c2)CC1)Cn1ccnc1. The lowest BCUT2D eigenvalue weighted by molar-refractivity contribution is -0.00859. The molecule has 1 aromatic carbocycles. The molecule has 130 valence electrons. The third-order valence-electron chi connectivity index (χ3n) is 5.01. The summed E-state index contributed by atoms with van der Waals surface area (Å²) in [6.45, 7) is 4.21. The van der Waals surface area contributed by atoms with Gasteiger partial charge in [-0.3, -0.25) is 0 Å². The molecule has 1 atom stereocenters. The van der Waals surface area contributed by atoms with Gasteiger partial charge < -0.3 is 15.0 Å². The van der Waals surface area contributed by atoms with Crippen molar-refractivity contribution in [3.05, 3.63) is 53.6 Å². The largest absolute Gasteiger partial charge is 0.385 e. The first-order valence-electron chi connectivity index (χ1n) is 8.73. The van der Waals surface area contributed by atoms with Crippen LogP contribution in [-0.2, 0) is 12.1 Å². The molecule has 0 saturated heterocycles. The Hall–Kier alpha value is -1.36. The number of imidazole rings is 1. The summed E-state index contributed by atoms with van der Waals surface area (Å²) in [5.74, 6) is 0.549. The average Bonchev–Trinajstić information content (AvgIpc) is 3.07. The lowest BCUT2D eigenvalue weighted by Crippen LogP contribution is -2.41. The van der Waals surface area contributed by atoms with Gasteiger partial charge in [0.2, 0.25) is 0 Å². The molecule has 4 nitrogen and oxygen atoms in total. The lowest BCUT2D eigenvalue weighted by atomic mass is 9.77. The fraction of sp³-hybridized carbons (Fsp3) is 0.526. The van der Waals surface area contributed by atoms with Gasteiger partial charge in [0.15, 0.2) is 0 Å². The highest BCUT2D eigenvalue weighted by molar-refractivity contribution is 6.30. The number of benzene rings is 1. The highest BCUT2D eigenvalue weighted by Gasteiger charge is 2.34. The van der Waals surface area contributed by atoms with E-state index in [1.165, 1.54) is 0 Å². The molecule has 2 N–H and O–H groups in total. The first-order chi connectivity index (χ1) is 11.5. The molecule has 1 aromatic heterocycles. The Kier molecular flexibility index (Phi) is 5.59. The van der Waals surface area contributed by atoms with E-state index in [4.69, 9.17) is 11.6 Å². The third-order valence-corrected chi connectivity index (χ3v) is 5.25. The van der Waals surface area contributed by atoms with Gasteiger partial charge in [0, 0.05) is 30.0 Å². The van der Waals surface area contributed by atoms with E-state index in [9.17, 15) is 5.11 Å². The van der Waals surface area contributed by atoms with Gasteiger partial charge in [0.05, 0.1) is 11.9 Å². The normalized spacial score (nSPS) is 25.5. The van der Waals surface area contributed by atoms with E-state index in [0.717, 1.165) is 44.3 Å². The Morgan fingerprint density at radius 2 is 2.21 bits per heavy atom. The standard InChI is InChI=1S/C19H26ClN3O/c1-15(13-23-10-9-21-14-23)12-22-18-5-7-19(24,8-6-18)16-3-2-4-17(20)11-16/h2-4,9-11,14-15,18,22,24H,5-8,12-13H2,1H3/t15-,18?,19?/m0/s1. The zero-order valence-corrected chi connectivity index (χ0v) is 14.9. The smallest absolute Gasteiger partial charge is 0.0946 e. The van der Waals surface area contributed by atoms with E-state index in [0.29, 0.717) is 17.0 Å². The van der Waals surface area contributed by atoms with E-state index >= 15 is 0 Å². The summed E-state index contributed by atoms with van der Waals surface area (Å²) >= 11 is 6.07. The fourth-order valence-corrected chi connectivity index (χ4v) is 3.74. The van der Waals surface area contributed by atoms with Crippen LogP contribution in [0.3, 0.4) is 0 Å². The van der Waals surface area contributed by atoms with Crippen LogP contribution in [0.5, 0.6) is 0 Å². The summed E-state index contributed by atoms with van der Waals surface area (Å²) in [5.41, 5.74) is 0.216. The molecule has 2 aromatic rings. The van der Waals surface area contributed by atoms with Crippen molar-refractivity contribution in [1.82, 2.24) is 14.9 Å². The summed E-state index contributed by atoms with van der Waals surface area (Å²) in [6.07, 6.45) is 9.21. The van der Waals surface area contributed by atoms with Crippen molar-refractivity contribution < 1.29 is 5.11 Å². The highest BCUT2D eigenvalue weighted by atomic mass is 35.5. The monoisotopic (exact) mass is 347 g/mol. The summed E-state index contributed by atoms with van der Waals surface area (Å²) in [7, 11) is 0. The van der Waals surface area contributed by atoms with Gasteiger partial charge >= 0.3 is 0 Å². The Bertz CT molecular complexity index is 636. The molecule has 0 spiro atoms. The van der Waals surface area contributed by atoms with E-state index in [2.05, 4.69) is 21.8 Å². The zero-order chi connectivity index (χ0) is 17.0. The van der Waals surface area contributed by atoms with Gasteiger partial charge in [-0.25, -0.2) is 4.98 Å². The number of nitrogens with zero attached hydrogens (tertiary/aromatic N) is 2. The Labute approximate surface area is 148 Å². The molecule has 0 amide bonds. The molecule has 1 saturated carbocycles. The predicted molar refractivity (Wildman–Crippen MR) is 97.0 cm³/mol. The molecule has 0 unspecified atom stereocenters. The van der Waals surface area contributed by atoms with Crippen LogP contribution < -0.4 is 5.32 Å². The van der Waals surface area contributed by atoms with Crippen LogP contribution in [0.15, 0.2) is 43.0 Å². The molecule has 24 heavy (non-hydrogen) atoms. The van der Waals surface area contributed by atoms with Crippen molar-refractivity contribution >= 4 is 11.6 Å². The van der Waals surface area contributed by atoms with Crippen LogP contribution in [0.4, 0.5) is 0 Å². The predicted octanol–water partition coefficient (Wildman–Crippen LogP) is 3.59. The van der Waals surface area contributed by atoms with Crippen molar-refractivity contribution in [2.75, 3.05) is 6.54 Å². The van der Waals surface area contributed by atoms with E-state index in [1.54, 1.807) is 0 Å². The number of hydrogen-bond donors (Lipinski definition) is 2. The van der Waals surface area contributed by atoms with Crippen molar-refractivity contribution in [2.24, 2.45) is 5.92 Å². The number of aromatic nitrogens is 2. The van der Waals surface area contributed by atoms with Crippen LogP contribution in [-0.4, -0.2) is 27.2 Å². The van der Waals surface area contributed by atoms with Gasteiger partial charge in [0.1, 0.15) is 0 Å². The molecule has 0 radical (unpaired) electrons. The Morgan fingerprint density at radius 1 is 1.42 bits per heavy atom. The first-order valence-corrected chi connectivity index (χ1v) is 9.10. The van der Waals surface area contributed by atoms with Crippen LogP contribution in [0.25, 0.3) is 0 Å². The van der Waals surface area contributed by atoms with Crippen molar-refractivity contribution in [1.29, 1.82) is 0 Å². The second kappa shape index (κ2) is 7.68. The molecule has 5 heteroatoms. The molecule has 1 aliphatic rings. The zero-order valence-electron chi connectivity index (χ0n) is 14.2. The molecule has 0 aliphatic heterocycles. The van der Waals surface area contributed by atoms with Crippen molar-refractivity contribution in [3.8, 4) is 0 Å². The van der Waals surface area contributed by atoms with Crippen molar-refractivity contribution in [2.45, 2.75) is 50.8 Å². The summed E-state index contributed by atoms with van der Waals surface area (Å²) in [4.78, 5) is 4.08. The van der Waals surface area contributed by atoms with Gasteiger partial charge in [-0.05, 0) is 55.8 Å². The number of nitrogens with one attached hydrogen (secondary N) is 1. The second-order valence-corrected chi connectivity index (χ2v) is 7.53. The quantitative estimate of drug-likeness (QED) is 0.839. The lowest BCUT2D eigenvalue weighted by Gasteiger charge is -2.37. The summed E-state index contributed by atoms with van der Waals surface area (Å²) < 4.78 is 2.12. The number of aliphatic hydroxyl groups is 1. The maximum Gasteiger partial charge on any atom is 0.0946 e. The minimum absolute atomic E-state index is 0.481. The van der Waals surface area contributed by atoms with E-state index < -0.39 is 5.60 Å². The minimum atomic E-state index is -0.731. The van der Waals surface area contributed by atoms with E-state index in [-0.39, 0.29) is 0 Å². The van der Waals surface area contributed by atoms with Crippen LogP contribution in [0.2, 0.25) is 5.02 Å². The van der Waals surface area contributed by atoms with Crippen LogP contribution in [0.1, 0.15) is 38.2 Å². The molecular formula is C19H26ClN3O. The molecule has 3 rings (SSSR count). The molecule has 0 bridgehead atoms. The second-order valence-electron chi connectivity index (χ2n) is 7.09. The van der Waals surface area contributed by atoms with Gasteiger partial charge in [-0.1, -0.05) is 30.7 Å². The number of rotatable bonds is 6. The van der Waals surface area contributed by atoms with Gasteiger partial charge in [-0.15, -0.1) is 0 Å². The highest BCUT2D eigenvalue weighted by Crippen LogP contribution is 2.37. The van der Waals surface area contributed by atoms with Gasteiger partial charge in [0.25, 0.3) is 0 Å². The first kappa shape index (κ1) is 17.5. The number of halogens is 1. The number of hydrogen-bond acceptors (Lipinski definition) is 3. The molecule has 1 heterocycles. The molecule has 1 aliphatic carbocycles.